The van der Waals surface area contributed by atoms with Crippen LogP contribution < -0.4 is 0 Å². The highest BCUT2D eigenvalue weighted by Gasteiger charge is 2.22. The third-order valence-corrected chi connectivity index (χ3v) is 10.8. The summed E-state index contributed by atoms with van der Waals surface area (Å²) < 4.78 is 9.09. The first-order chi connectivity index (χ1) is 27.8. The van der Waals surface area contributed by atoms with Crippen molar-refractivity contribution in [2.45, 2.75) is 0 Å². The maximum atomic E-state index is 6.74. The van der Waals surface area contributed by atoms with Crippen LogP contribution in [0.4, 0.5) is 0 Å². The van der Waals surface area contributed by atoms with E-state index in [0.717, 1.165) is 94.2 Å². The van der Waals surface area contributed by atoms with Gasteiger partial charge >= 0.3 is 0 Å². The molecule has 0 saturated heterocycles. The van der Waals surface area contributed by atoms with Crippen molar-refractivity contribution in [3.05, 3.63) is 200 Å². The summed E-state index contributed by atoms with van der Waals surface area (Å²) in [6.45, 7) is 0. The van der Waals surface area contributed by atoms with Gasteiger partial charge in [-0.05, 0) is 64.7 Å². The van der Waals surface area contributed by atoms with Gasteiger partial charge in [-0.25, -0.2) is 9.97 Å². The van der Waals surface area contributed by atoms with Crippen LogP contribution in [0.3, 0.4) is 0 Å². The number of hydrogen-bond acceptors (Lipinski definition) is 3. The number of rotatable bonds is 6. The molecule has 0 saturated carbocycles. The molecule has 11 aromatic rings. The molecule has 4 nitrogen and oxygen atoms in total. The van der Waals surface area contributed by atoms with Crippen LogP contribution in [0.15, 0.2) is 205 Å². The number of para-hydroxylation sites is 2. The molecule has 0 radical (unpaired) electrons. The van der Waals surface area contributed by atoms with Crippen LogP contribution in [-0.4, -0.2) is 14.5 Å². The van der Waals surface area contributed by atoms with Crippen molar-refractivity contribution in [3.8, 4) is 61.8 Å². The van der Waals surface area contributed by atoms with Crippen LogP contribution in [0.25, 0.3) is 106 Å². The highest BCUT2D eigenvalue weighted by Crippen LogP contribution is 2.43. The molecule has 0 bridgehead atoms. The highest BCUT2D eigenvalue weighted by molar-refractivity contribution is 6.17. The second-order valence-corrected chi connectivity index (χ2v) is 14.2. The van der Waals surface area contributed by atoms with E-state index in [-0.39, 0.29) is 0 Å². The Bertz CT molecular complexity index is 3240. The van der Waals surface area contributed by atoms with Gasteiger partial charge in [0, 0.05) is 38.2 Å². The van der Waals surface area contributed by atoms with Gasteiger partial charge in [-0.1, -0.05) is 158 Å². The number of hydrogen-bond donors (Lipinski definition) is 0. The van der Waals surface area contributed by atoms with Gasteiger partial charge in [0.25, 0.3) is 0 Å². The maximum absolute atomic E-state index is 6.74. The number of benzene rings is 8. The topological polar surface area (TPSA) is 43.9 Å². The summed E-state index contributed by atoms with van der Waals surface area (Å²) >= 11 is 0. The molecule has 3 heterocycles. The largest absolute Gasteiger partial charge is 0.454 e. The molecule has 0 fully saturated rings. The van der Waals surface area contributed by atoms with Crippen LogP contribution in [0.5, 0.6) is 0 Å². The van der Waals surface area contributed by atoms with Crippen LogP contribution >= 0.6 is 0 Å². The maximum Gasteiger partial charge on any atom is 0.161 e. The SMILES string of the molecule is c1ccc(-c2cccc(-c3cc(-c4ccccc4)nc(-c4cccc5c4c4ccccc4n5-c4cc(-c5ccccc5)cc5c4oc4ccccc45)n3)c2)cc1. The Morgan fingerprint density at radius 3 is 1.71 bits per heavy atom. The Morgan fingerprint density at radius 1 is 0.375 bits per heavy atom. The molecule has 11 rings (SSSR count). The highest BCUT2D eigenvalue weighted by atomic mass is 16.3. The van der Waals surface area contributed by atoms with Crippen molar-refractivity contribution in [3.63, 3.8) is 0 Å². The smallest absolute Gasteiger partial charge is 0.161 e. The Labute approximate surface area is 323 Å². The lowest BCUT2D eigenvalue weighted by molar-refractivity contribution is 0.666. The Hall–Kier alpha value is -7.56. The van der Waals surface area contributed by atoms with Gasteiger partial charge in [0.1, 0.15) is 5.58 Å². The van der Waals surface area contributed by atoms with E-state index in [1.807, 2.05) is 18.2 Å². The first-order valence-corrected chi connectivity index (χ1v) is 18.9. The zero-order valence-electron chi connectivity index (χ0n) is 30.3. The fourth-order valence-electron chi connectivity index (χ4n) is 8.20. The minimum absolute atomic E-state index is 0.673. The third-order valence-electron chi connectivity index (χ3n) is 10.8. The zero-order chi connectivity index (χ0) is 37.0. The van der Waals surface area contributed by atoms with Crippen LogP contribution in [0.1, 0.15) is 0 Å². The molecular weight excluding hydrogens is 683 g/mol. The fraction of sp³-hybridized carbons (Fsp3) is 0. The molecule has 0 spiro atoms. The molecule has 56 heavy (non-hydrogen) atoms. The normalized spacial score (nSPS) is 11.6. The molecule has 0 aliphatic heterocycles. The first-order valence-electron chi connectivity index (χ1n) is 18.9. The van der Waals surface area contributed by atoms with Crippen LogP contribution in [0, 0.1) is 0 Å². The number of aromatic nitrogens is 3. The van der Waals surface area contributed by atoms with Gasteiger partial charge in [0.15, 0.2) is 11.4 Å². The Balaban J connectivity index is 1.18. The summed E-state index contributed by atoms with van der Waals surface area (Å²) in [5.41, 5.74) is 14.2. The molecule has 0 aliphatic rings. The molecule has 0 amide bonds. The van der Waals surface area contributed by atoms with Gasteiger partial charge in [0.2, 0.25) is 0 Å². The second kappa shape index (κ2) is 13.1. The van der Waals surface area contributed by atoms with E-state index in [1.165, 1.54) is 5.56 Å². The van der Waals surface area contributed by atoms with Gasteiger partial charge < -0.3 is 8.98 Å². The van der Waals surface area contributed by atoms with E-state index in [4.69, 9.17) is 14.4 Å². The van der Waals surface area contributed by atoms with Crippen molar-refractivity contribution in [2.24, 2.45) is 0 Å². The summed E-state index contributed by atoms with van der Waals surface area (Å²) in [6, 6.07) is 70.1. The van der Waals surface area contributed by atoms with E-state index in [1.54, 1.807) is 0 Å². The van der Waals surface area contributed by atoms with Crippen LogP contribution in [0.2, 0.25) is 0 Å². The van der Waals surface area contributed by atoms with Gasteiger partial charge in [0.05, 0.1) is 28.1 Å². The van der Waals surface area contributed by atoms with Gasteiger partial charge in [-0.15, -0.1) is 0 Å². The van der Waals surface area contributed by atoms with Crippen molar-refractivity contribution >= 4 is 43.7 Å². The molecular formula is C52H33N3O. The Kier molecular flexibility index (Phi) is 7.46. The molecule has 8 aromatic carbocycles. The van der Waals surface area contributed by atoms with Crippen LogP contribution in [-0.2, 0) is 0 Å². The Morgan fingerprint density at radius 2 is 0.946 bits per heavy atom. The lowest BCUT2D eigenvalue weighted by Gasteiger charge is -2.13. The van der Waals surface area contributed by atoms with Gasteiger partial charge in [-0.2, -0.15) is 0 Å². The van der Waals surface area contributed by atoms with Crippen molar-refractivity contribution < 1.29 is 4.42 Å². The lowest BCUT2D eigenvalue weighted by atomic mass is 10.00. The standard InChI is InChI=1S/C52H33N3O/c1-4-16-34(17-5-1)37-22-14-23-38(30-37)45-33-44(36-20-8-3-9-21-36)53-52(54-45)42-26-15-28-47-50(42)41-25-10-12-27-46(41)55(47)48-32-39(35-18-6-2-7-19-35)31-43-40-24-11-13-29-49(40)56-51(43)48/h1-33H. The summed E-state index contributed by atoms with van der Waals surface area (Å²) in [5, 5.41) is 4.39. The van der Waals surface area contributed by atoms with Crippen molar-refractivity contribution in [2.75, 3.05) is 0 Å². The molecule has 262 valence electrons. The van der Waals surface area contributed by atoms with Crippen molar-refractivity contribution in [1.29, 1.82) is 0 Å². The average molecular weight is 716 g/mol. The quantitative estimate of drug-likeness (QED) is 0.172. The average Bonchev–Trinajstić information content (AvgIpc) is 3.83. The lowest BCUT2D eigenvalue weighted by Crippen LogP contribution is -1.97. The fourth-order valence-corrected chi connectivity index (χ4v) is 8.20. The van der Waals surface area contributed by atoms with E-state index in [9.17, 15) is 0 Å². The number of fused-ring (bicyclic) bond motifs is 6. The predicted molar refractivity (Wildman–Crippen MR) is 231 cm³/mol. The third kappa shape index (κ3) is 5.31. The van der Waals surface area contributed by atoms with E-state index < -0.39 is 0 Å². The number of furan rings is 1. The number of nitrogens with zero attached hydrogens (tertiary/aromatic N) is 3. The summed E-state index contributed by atoms with van der Waals surface area (Å²) in [6.07, 6.45) is 0. The second-order valence-electron chi connectivity index (χ2n) is 14.2. The van der Waals surface area contributed by atoms with E-state index >= 15 is 0 Å². The minimum atomic E-state index is 0.673. The van der Waals surface area contributed by atoms with Gasteiger partial charge in [-0.3, -0.25) is 0 Å². The van der Waals surface area contributed by atoms with E-state index in [2.05, 4.69) is 187 Å². The van der Waals surface area contributed by atoms with Crippen molar-refractivity contribution in [1.82, 2.24) is 14.5 Å². The molecule has 0 aliphatic carbocycles. The van der Waals surface area contributed by atoms with E-state index in [0.29, 0.717) is 5.82 Å². The predicted octanol–water partition coefficient (Wildman–Crippen LogP) is 13.8. The molecule has 0 atom stereocenters. The molecule has 3 aromatic heterocycles. The minimum Gasteiger partial charge on any atom is -0.454 e. The first kappa shape index (κ1) is 31.9. The summed E-state index contributed by atoms with van der Waals surface area (Å²) in [7, 11) is 0. The molecule has 0 unspecified atom stereocenters. The summed E-state index contributed by atoms with van der Waals surface area (Å²) in [4.78, 5) is 10.7. The monoisotopic (exact) mass is 715 g/mol. The summed E-state index contributed by atoms with van der Waals surface area (Å²) in [5.74, 6) is 0.673. The molecule has 0 N–H and O–H groups in total. The molecule has 4 heteroatoms. The zero-order valence-corrected chi connectivity index (χ0v) is 30.3.